The summed E-state index contributed by atoms with van der Waals surface area (Å²) in [6.07, 6.45) is -2.19. The number of pyridine rings is 1. The number of nitrogens with one attached hydrogen (secondary N) is 2. The monoisotopic (exact) mass is 373 g/mol. The Labute approximate surface area is 154 Å². The Morgan fingerprint density at radius 1 is 1.30 bits per heavy atom. The van der Waals surface area contributed by atoms with Crippen molar-refractivity contribution >= 4 is 17.1 Å². The molecule has 140 valence electrons. The number of benzene rings is 1. The molecule has 0 amide bonds. The predicted molar refractivity (Wildman–Crippen MR) is 96.1 cm³/mol. The van der Waals surface area contributed by atoms with Crippen LogP contribution in [0.5, 0.6) is 0 Å². The van der Waals surface area contributed by atoms with Crippen LogP contribution in [0, 0.1) is 11.3 Å². The highest BCUT2D eigenvalue weighted by atomic mass is 19.4. The van der Waals surface area contributed by atoms with E-state index in [2.05, 4.69) is 15.6 Å². The third kappa shape index (κ3) is 3.08. The summed E-state index contributed by atoms with van der Waals surface area (Å²) in [5.41, 5.74) is 1.53. The molecule has 0 aliphatic carbocycles. The second-order valence-electron chi connectivity index (χ2n) is 6.91. The van der Waals surface area contributed by atoms with Gasteiger partial charge in [0.15, 0.2) is 0 Å². The number of likely N-dealkylation sites (N-methyl/N-ethyl adjacent to an activating group) is 1. The van der Waals surface area contributed by atoms with Crippen molar-refractivity contribution in [3.05, 3.63) is 47.3 Å². The number of nitriles is 1. The second kappa shape index (κ2) is 6.43. The quantitative estimate of drug-likeness (QED) is 0.842. The molecule has 1 fully saturated rings. The molecule has 2 N–H and O–H groups in total. The molecule has 1 aromatic carbocycles. The SMILES string of the molecule is CN1c2c(cc(Nc3ccc(C#N)nc3)cc2C(F)(F)F)[C@H]2CNCC[C@H]21. The molecular formula is C19H18F3N5. The molecule has 2 aliphatic rings. The molecule has 0 spiro atoms. The van der Waals surface area contributed by atoms with E-state index in [9.17, 15) is 13.2 Å². The van der Waals surface area contributed by atoms with Gasteiger partial charge in [0.2, 0.25) is 0 Å². The van der Waals surface area contributed by atoms with Gasteiger partial charge in [-0.25, -0.2) is 4.98 Å². The van der Waals surface area contributed by atoms with E-state index in [0.717, 1.165) is 19.0 Å². The van der Waals surface area contributed by atoms with Crippen molar-refractivity contribution in [2.75, 3.05) is 30.4 Å². The zero-order valence-corrected chi connectivity index (χ0v) is 14.6. The van der Waals surface area contributed by atoms with Crippen molar-refractivity contribution < 1.29 is 13.2 Å². The molecule has 27 heavy (non-hydrogen) atoms. The van der Waals surface area contributed by atoms with E-state index >= 15 is 0 Å². The first-order valence-corrected chi connectivity index (χ1v) is 8.70. The predicted octanol–water partition coefficient (Wildman–Crippen LogP) is 3.61. The molecule has 8 heteroatoms. The number of rotatable bonds is 2. The van der Waals surface area contributed by atoms with Crippen LogP contribution in [-0.4, -0.2) is 31.2 Å². The van der Waals surface area contributed by atoms with Gasteiger partial charge in [-0.15, -0.1) is 0 Å². The summed E-state index contributed by atoms with van der Waals surface area (Å²) in [4.78, 5) is 5.74. The average molecular weight is 373 g/mol. The van der Waals surface area contributed by atoms with Crippen molar-refractivity contribution in [3.63, 3.8) is 0 Å². The molecule has 2 atom stereocenters. The van der Waals surface area contributed by atoms with Crippen LogP contribution in [0.15, 0.2) is 30.5 Å². The van der Waals surface area contributed by atoms with Gasteiger partial charge in [0.25, 0.3) is 0 Å². The van der Waals surface area contributed by atoms with Gasteiger partial charge in [-0.1, -0.05) is 0 Å². The van der Waals surface area contributed by atoms with Crippen LogP contribution in [-0.2, 0) is 6.18 Å². The lowest BCUT2D eigenvalue weighted by Crippen LogP contribution is -2.42. The highest BCUT2D eigenvalue weighted by Gasteiger charge is 2.45. The fourth-order valence-corrected chi connectivity index (χ4v) is 4.11. The van der Waals surface area contributed by atoms with Crippen LogP contribution in [0.3, 0.4) is 0 Å². The van der Waals surface area contributed by atoms with Crippen LogP contribution in [0.4, 0.5) is 30.2 Å². The molecule has 5 nitrogen and oxygen atoms in total. The number of hydrogen-bond donors (Lipinski definition) is 2. The Balaban J connectivity index is 1.77. The first-order chi connectivity index (χ1) is 12.9. The van der Waals surface area contributed by atoms with Crippen LogP contribution >= 0.6 is 0 Å². The standard InChI is InChI=1S/C19H18F3N5/c1-27-17-4-5-24-10-15(17)14-6-13(7-16(18(14)27)19(20,21)22)26-12-3-2-11(8-23)25-9-12/h2-3,6-7,9,15,17,24,26H,4-5,10H2,1H3/t15-,17-/m1/s1. The number of fused-ring (bicyclic) bond motifs is 3. The molecule has 0 unspecified atom stereocenters. The smallest absolute Gasteiger partial charge is 0.370 e. The lowest BCUT2D eigenvalue weighted by atomic mass is 9.89. The van der Waals surface area contributed by atoms with Gasteiger partial charge < -0.3 is 15.5 Å². The maximum absolute atomic E-state index is 13.8. The minimum absolute atomic E-state index is 0.0284. The van der Waals surface area contributed by atoms with Crippen LogP contribution in [0.2, 0.25) is 0 Å². The van der Waals surface area contributed by atoms with E-state index in [1.807, 2.05) is 6.07 Å². The normalized spacial score (nSPS) is 21.4. The molecule has 0 bridgehead atoms. The summed E-state index contributed by atoms with van der Waals surface area (Å²) in [6, 6.07) is 8.10. The summed E-state index contributed by atoms with van der Waals surface area (Å²) in [5, 5.41) is 15.1. The second-order valence-corrected chi connectivity index (χ2v) is 6.91. The zero-order valence-electron chi connectivity index (χ0n) is 14.6. The van der Waals surface area contributed by atoms with E-state index in [1.54, 1.807) is 24.1 Å². The number of piperidine rings is 1. The minimum Gasteiger partial charge on any atom is -0.370 e. The van der Waals surface area contributed by atoms with E-state index in [-0.39, 0.29) is 23.3 Å². The van der Waals surface area contributed by atoms with Gasteiger partial charge in [-0.2, -0.15) is 18.4 Å². The van der Waals surface area contributed by atoms with Crippen LogP contribution in [0.1, 0.15) is 29.2 Å². The number of aromatic nitrogens is 1. The average Bonchev–Trinajstić information content (AvgIpc) is 2.94. The summed E-state index contributed by atoms with van der Waals surface area (Å²) in [6.45, 7) is 1.48. The molecule has 1 saturated heterocycles. The lowest BCUT2D eigenvalue weighted by molar-refractivity contribution is -0.137. The third-order valence-electron chi connectivity index (χ3n) is 5.31. The van der Waals surface area contributed by atoms with Gasteiger partial charge in [-0.3, -0.25) is 0 Å². The maximum Gasteiger partial charge on any atom is 0.418 e. The zero-order chi connectivity index (χ0) is 19.2. The van der Waals surface area contributed by atoms with Crippen LogP contribution < -0.4 is 15.5 Å². The van der Waals surface area contributed by atoms with Gasteiger partial charge in [0, 0.05) is 31.2 Å². The fourth-order valence-electron chi connectivity index (χ4n) is 4.11. The summed E-state index contributed by atoms with van der Waals surface area (Å²) >= 11 is 0. The number of hydrogen-bond acceptors (Lipinski definition) is 5. The Morgan fingerprint density at radius 2 is 2.11 bits per heavy atom. The molecule has 2 aromatic rings. The summed E-state index contributed by atoms with van der Waals surface area (Å²) in [7, 11) is 1.75. The Bertz CT molecular complexity index is 901. The van der Waals surface area contributed by atoms with Gasteiger partial charge in [0.05, 0.1) is 23.1 Å². The fraction of sp³-hybridized carbons (Fsp3) is 0.368. The molecule has 0 saturated carbocycles. The van der Waals surface area contributed by atoms with Crippen molar-refractivity contribution in [2.24, 2.45) is 0 Å². The lowest BCUT2D eigenvalue weighted by Gasteiger charge is -2.31. The van der Waals surface area contributed by atoms with E-state index in [4.69, 9.17) is 5.26 Å². The first-order valence-electron chi connectivity index (χ1n) is 8.70. The molecule has 2 aliphatic heterocycles. The van der Waals surface area contributed by atoms with Gasteiger partial charge >= 0.3 is 6.18 Å². The molecule has 4 rings (SSSR count). The summed E-state index contributed by atoms with van der Waals surface area (Å²) in [5.74, 6) is 0.0284. The third-order valence-corrected chi connectivity index (χ3v) is 5.31. The summed E-state index contributed by atoms with van der Waals surface area (Å²) < 4.78 is 41.4. The highest BCUT2D eigenvalue weighted by Crippen LogP contribution is 2.50. The Morgan fingerprint density at radius 3 is 2.78 bits per heavy atom. The molecule has 3 heterocycles. The number of nitrogens with zero attached hydrogens (tertiary/aromatic N) is 3. The van der Waals surface area contributed by atoms with Crippen molar-refractivity contribution in [1.82, 2.24) is 10.3 Å². The van der Waals surface area contributed by atoms with Crippen molar-refractivity contribution in [2.45, 2.75) is 24.6 Å². The maximum atomic E-state index is 13.8. The molecule has 0 radical (unpaired) electrons. The number of alkyl halides is 3. The number of halogens is 3. The Kier molecular flexibility index (Phi) is 4.19. The van der Waals surface area contributed by atoms with Crippen molar-refractivity contribution in [3.8, 4) is 6.07 Å². The van der Waals surface area contributed by atoms with Crippen LogP contribution in [0.25, 0.3) is 0 Å². The van der Waals surface area contributed by atoms with E-state index in [0.29, 0.717) is 23.5 Å². The molecular weight excluding hydrogens is 355 g/mol. The first kappa shape index (κ1) is 17.6. The van der Waals surface area contributed by atoms with Gasteiger partial charge in [-0.05, 0) is 42.8 Å². The van der Waals surface area contributed by atoms with Gasteiger partial charge in [0.1, 0.15) is 11.8 Å². The highest BCUT2D eigenvalue weighted by molar-refractivity contribution is 5.74. The number of anilines is 3. The Hall–Kier alpha value is -2.79. The minimum atomic E-state index is -4.44. The van der Waals surface area contributed by atoms with Crippen molar-refractivity contribution in [1.29, 1.82) is 5.26 Å². The van der Waals surface area contributed by atoms with E-state index < -0.39 is 11.7 Å². The molecule has 1 aromatic heterocycles. The van der Waals surface area contributed by atoms with E-state index in [1.165, 1.54) is 12.3 Å². The topological polar surface area (TPSA) is 64.0 Å². The largest absolute Gasteiger partial charge is 0.418 e.